The topological polar surface area (TPSA) is 119 Å². The van der Waals surface area contributed by atoms with Crippen LogP contribution in [-0.4, -0.2) is 74.5 Å². The zero-order valence-corrected chi connectivity index (χ0v) is 23.0. The highest BCUT2D eigenvalue weighted by Gasteiger charge is 2.46. The molecule has 10 atom stereocenters. The van der Waals surface area contributed by atoms with Crippen LogP contribution < -0.4 is 0 Å². The van der Waals surface area contributed by atoms with E-state index in [0.717, 1.165) is 0 Å². The maximum atomic E-state index is 13.2. The summed E-state index contributed by atoms with van der Waals surface area (Å²) in [5, 5.41) is 0. The summed E-state index contributed by atoms with van der Waals surface area (Å²) in [5.41, 5.74) is 0. The normalized spacial score (nSPS) is 38.6. The fourth-order valence-corrected chi connectivity index (χ4v) is 6.23. The van der Waals surface area contributed by atoms with Gasteiger partial charge in [-0.05, 0) is 41.5 Å². The van der Waals surface area contributed by atoms with Crippen molar-refractivity contribution in [2.75, 3.05) is 13.2 Å². The van der Waals surface area contributed by atoms with E-state index in [0.29, 0.717) is 0 Å². The molecule has 0 bridgehead atoms. The van der Waals surface area contributed by atoms with Crippen LogP contribution in [0, 0.1) is 11.8 Å². The Kier molecular flexibility index (Phi) is 10.7. The van der Waals surface area contributed by atoms with E-state index in [1.165, 1.54) is 7.57 Å². The summed E-state index contributed by atoms with van der Waals surface area (Å²) in [7, 11) is -6.36. The lowest BCUT2D eigenvalue weighted by Gasteiger charge is -2.28. The Morgan fingerprint density at radius 2 is 1.33 bits per heavy atom. The lowest BCUT2D eigenvalue weighted by atomic mass is 9.99. The summed E-state index contributed by atoms with van der Waals surface area (Å²) in [5.74, 6) is 0.0328. The highest BCUT2D eigenvalue weighted by atomic mass is 31.2. The van der Waals surface area contributed by atoms with Crippen LogP contribution >= 0.6 is 15.3 Å². The molecule has 2 heterocycles. The standard InChI is InChI=1S/C20H41BO10P2/c1-11(2)27-19-13(5)15(7)28-17(19)9-25-32(21,22)31-20-14(6)16(8)29-18(20)10-26-33(23,24)30-12(3)4/h11-20H,9-10,21H2,1-8H3,(H,23,24)/t13-,14-,15+,16+,17-,18-,19?,20?,32?/m1/s1. The second-order valence-corrected chi connectivity index (χ2v) is 13.1. The molecule has 0 radical (unpaired) electrons. The van der Waals surface area contributed by atoms with Crippen molar-refractivity contribution >= 4 is 22.9 Å². The summed E-state index contributed by atoms with van der Waals surface area (Å²) in [6.07, 6.45) is -2.58. The van der Waals surface area contributed by atoms with Gasteiger partial charge in [-0.3, -0.25) is 13.6 Å². The number of phosphoric ester groups is 1. The van der Waals surface area contributed by atoms with Gasteiger partial charge >= 0.3 is 7.82 Å². The Hall–Kier alpha value is 0.205. The predicted octanol–water partition coefficient (Wildman–Crippen LogP) is 3.31. The van der Waals surface area contributed by atoms with Crippen LogP contribution in [0.3, 0.4) is 0 Å². The van der Waals surface area contributed by atoms with Gasteiger partial charge in [0.1, 0.15) is 12.2 Å². The molecular formula is C20H41BO10P2. The molecule has 13 heteroatoms. The van der Waals surface area contributed by atoms with Gasteiger partial charge < -0.3 is 28.2 Å². The molecule has 10 nitrogen and oxygen atoms in total. The molecule has 2 rings (SSSR count). The number of hydrogen-bond donors (Lipinski definition) is 1. The summed E-state index contributed by atoms with van der Waals surface area (Å²) >= 11 is 0. The van der Waals surface area contributed by atoms with Crippen molar-refractivity contribution in [1.82, 2.24) is 0 Å². The van der Waals surface area contributed by atoms with Gasteiger partial charge in [0.25, 0.3) is 15.0 Å². The van der Waals surface area contributed by atoms with Crippen molar-refractivity contribution in [2.45, 2.75) is 104 Å². The zero-order chi connectivity index (χ0) is 25.1. The van der Waals surface area contributed by atoms with E-state index >= 15 is 0 Å². The third-order valence-electron chi connectivity index (χ3n) is 5.99. The van der Waals surface area contributed by atoms with Gasteiger partial charge in [-0.1, -0.05) is 13.8 Å². The molecule has 4 unspecified atom stereocenters. The maximum absolute atomic E-state index is 13.2. The number of rotatable bonds is 12. The Balaban J connectivity index is 1.99. The fourth-order valence-electron chi connectivity index (χ4n) is 4.05. The minimum absolute atomic E-state index is 0.00706. The zero-order valence-electron chi connectivity index (χ0n) is 21.2. The average molecular weight is 514 g/mol. The first-order chi connectivity index (χ1) is 15.1. The van der Waals surface area contributed by atoms with Gasteiger partial charge in [-0.15, -0.1) is 0 Å². The number of ether oxygens (including phenoxy) is 3. The van der Waals surface area contributed by atoms with E-state index in [-0.39, 0.29) is 55.6 Å². The molecule has 0 amide bonds. The fraction of sp³-hybridized carbons (Fsp3) is 1.00. The van der Waals surface area contributed by atoms with Crippen LogP contribution in [0.1, 0.15) is 55.4 Å². The van der Waals surface area contributed by atoms with Gasteiger partial charge in [-0.2, -0.15) is 0 Å². The van der Waals surface area contributed by atoms with E-state index in [4.69, 9.17) is 32.3 Å². The highest BCUT2D eigenvalue weighted by Crippen LogP contribution is 2.50. The van der Waals surface area contributed by atoms with Crippen LogP contribution in [-0.2, 0) is 41.4 Å². The van der Waals surface area contributed by atoms with Gasteiger partial charge in [-0.25, -0.2) is 4.57 Å². The lowest BCUT2D eigenvalue weighted by molar-refractivity contribution is -0.0655. The Labute approximate surface area is 198 Å². The van der Waals surface area contributed by atoms with E-state index in [9.17, 15) is 14.0 Å². The van der Waals surface area contributed by atoms with Crippen molar-refractivity contribution < 1.29 is 46.3 Å². The molecule has 2 saturated heterocycles. The van der Waals surface area contributed by atoms with Crippen LogP contribution in [0.25, 0.3) is 0 Å². The maximum Gasteiger partial charge on any atom is 0.472 e. The minimum Gasteiger partial charge on any atom is -0.372 e. The third kappa shape index (κ3) is 8.67. The molecule has 0 spiro atoms. The number of hydrogen-bond acceptors (Lipinski definition) is 9. The van der Waals surface area contributed by atoms with Crippen LogP contribution in [0.5, 0.6) is 0 Å². The van der Waals surface area contributed by atoms with Gasteiger partial charge in [0, 0.05) is 11.8 Å². The molecule has 0 aliphatic carbocycles. The highest BCUT2D eigenvalue weighted by molar-refractivity contribution is 7.79. The van der Waals surface area contributed by atoms with E-state index in [1.807, 2.05) is 34.6 Å². The van der Waals surface area contributed by atoms with Crippen LogP contribution in [0.15, 0.2) is 0 Å². The Morgan fingerprint density at radius 3 is 1.85 bits per heavy atom. The molecule has 2 aliphatic rings. The van der Waals surface area contributed by atoms with Gasteiger partial charge in [0.15, 0.2) is 0 Å². The van der Waals surface area contributed by atoms with E-state index in [1.54, 1.807) is 13.8 Å². The minimum atomic E-state index is -4.24. The first-order valence-corrected chi connectivity index (χ1v) is 15.1. The number of phosphoric acid groups is 1. The molecule has 33 heavy (non-hydrogen) atoms. The molecular weight excluding hydrogens is 473 g/mol. The third-order valence-corrected chi connectivity index (χ3v) is 8.40. The Morgan fingerprint density at radius 1 is 0.848 bits per heavy atom. The molecule has 0 aromatic heterocycles. The SMILES string of the molecule is BP(=O)(OC[C@H]1O[C@@H](C)[C@@H](C)C1OC(C)C)OC1[C@@H](COP(=O)(O)OC(C)C)O[C@@H](C)[C@H]1C. The predicted molar refractivity (Wildman–Crippen MR) is 126 cm³/mol. The van der Waals surface area contributed by atoms with Crippen molar-refractivity contribution in [1.29, 1.82) is 0 Å². The van der Waals surface area contributed by atoms with Crippen molar-refractivity contribution in [3.8, 4) is 0 Å². The summed E-state index contributed by atoms with van der Waals surface area (Å²) < 4.78 is 64.7. The first kappa shape index (κ1) is 29.4. The molecule has 0 saturated carbocycles. The van der Waals surface area contributed by atoms with E-state index < -0.39 is 33.6 Å². The largest absolute Gasteiger partial charge is 0.472 e. The van der Waals surface area contributed by atoms with Crippen molar-refractivity contribution in [2.24, 2.45) is 11.8 Å². The quantitative estimate of drug-likeness (QED) is 0.307. The van der Waals surface area contributed by atoms with Crippen molar-refractivity contribution in [3.05, 3.63) is 0 Å². The second-order valence-electron chi connectivity index (χ2n) is 9.68. The molecule has 1 N–H and O–H groups in total. The average Bonchev–Trinajstić information content (AvgIpc) is 3.08. The lowest BCUT2D eigenvalue weighted by Crippen LogP contribution is -2.35. The first-order valence-electron chi connectivity index (χ1n) is 11.6. The van der Waals surface area contributed by atoms with Gasteiger partial charge in [0.2, 0.25) is 0 Å². The van der Waals surface area contributed by atoms with Crippen LogP contribution in [0.4, 0.5) is 0 Å². The van der Waals surface area contributed by atoms with Crippen LogP contribution in [0.2, 0.25) is 0 Å². The molecule has 0 aromatic carbocycles. The molecule has 2 fully saturated rings. The smallest absolute Gasteiger partial charge is 0.372 e. The Bertz CT molecular complexity index is 723. The summed E-state index contributed by atoms with van der Waals surface area (Å²) in [6.45, 7) is 14.8. The molecule has 0 aromatic rings. The molecule has 194 valence electrons. The van der Waals surface area contributed by atoms with E-state index in [2.05, 4.69) is 6.92 Å². The molecule has 2 aliphatic heterocycles. The second kappa shape index (κ2) is 12.0. The summed E-state index contributed by atoms with van der Waals surface area (Å²) in [4.78, 5) is 9.84. The summed E-state index contributed by atoms with van der Waals surface area (Å²) in [6, 6.07) is 0. The van der Waals surface area contributed by atoms with Crippen molar-refractivity contribution in [3.63, 3.8) is 0 Å². The van der Waals surface area contributed by atoms with Gasteiger partial charge in [0.05, 0.1) is 49.8 Å². The monoisotopic (exact) mass is 514 g/mol.